The summed E-state index contributed by atoms with van der Waals surface area (Å²) >= 11 is 0. The zero-order valence-electron chi connectivity index (χ0n) is 14.9. The third kappa shape index (κ3) is 3.47. The minimum atomic E-state index is -0.0146. The smallest absolute Gasteiger partial charge is 0.270 e. The van der Waals surface area contributed by atoms with Crippen LogP contribution in [0.2, 0.25) is 0 Å². The van der Waals surface area contributed by atoms with E-state index in [0.717, 1.165) is 39.4 Å². The molecular weight excluding hydrogens is 308 g/mol. The van der Waals surface area contributed by atoms with Crippen LogP contribution in [0, 0.1) is 5.92 Å². The molecule has 0 spiro atoms. The van der Waals surface area contributed by atoms with Crippen molar-refractivity contribution in [3.05, 3.63) is 0 Å². The maximum absolute atomic E-state index is 12.9. The molecule has 3 aliphatic heterocycles. The van der Waals surface area contributed by atoms with Gasteiger partial charge in [-0.05, 0) is 19.8 Å². The standard InChI is InChI=1S/C17H28N4O3/c1-12(2)21-16(22)5-4-14(18-21)17(23)20-10-13(3)15(11-20)19-6-8-24-9-7-19/h12-13,15H,4-11H2,1-3H3. The SMILES string of the molecule is CC1CN(C(=O)C2=NN(C(C)C)C(=O)CC2)CC1N1CCOCC1. The molecule has 0 aromatic carbocycles. The summed E-state index contributed by atoms with van der Waals surface area (Å²) in [5.41, 5.74) is 0.526. The van der Waals surface area contributed by atoms with Crippen molar-refractivity contribution in [2.45, 2.75) is 45.7 Å². The van der Waals surface area contributed by atoms with E-state index in [9.17, 15) is 9.59 Å². The van der Waals surface area contributed by atoms with Crippen LogP contribution in [0.3, 0.4) is 0 Å². The second-order valence-electron chi connectivity index (χ2n) is 7.28. The Morgan fingerprint density at radius 2 is 1.92 bits per heavy atom. The molecule has 7 heteroatoms. The van der Waals surface area contributed by atoms with E-state index in [0.29, 0.717) is 30.5 Å². The molecule has 3 rings (SSSR count). The van der Waals surface area contributed by atoms with Crippen LogP contribution in [0.5, 0.6) is 0 Å². The van der Waals surface area contributed by atoms with Crippen molar-refractivity contribution < 1.29 is 14.3 Å². The van der Waals surface area contributed by atoms with Crippen molar-refractivity contribution in [2.75, 3.05) is 39.4 Å². The molecule has 0 aromatic rings. The molecule has 2 saturated heterocycles. The number of ether oxygens (including phenoxy) is 1. The minimum absolute atomic E-state index is 0.00235. The normalized spacial score (nSPS) is 29.3. The van der Waals surface area contributed by atoms with Crippen molar-refractivity contribution in [3.8, 4) is 0 Å². The van der Waals surface area contributed by atoms with Gasteiger partial charge in [-0.15, -0.1) is 0 Å². The molecule has 0 radical (unpaired) electrons. The van der Waals surface area contributed by atoms with Crippen molar-refractivity contribution >= 4 is 17.5 Å². The molecule has 134 valence electrons. The zero-order valence-corrected chi connectivity index (χ0v) is 14.9. The topological polar surface area (TPSA) is 65.5 Å². The number of morpholine rings is 1. The molecule has 24 heavy (non-hydrogen) atoms. The van der Waals surface area contributed by atoms with Crippen molar-refractivity contribution in [2.24, 2.45) is 11.0 Å². The summed E-state index contributed by atoms with van der Waals surface area (Å²) in [5, 5.41) is 5.80. The lowest BCUT2D eigenvalue weighted by atomic mass is 10.0. The van der Waals surface area contributed by atoms with Crippen LogP contribution in [0.25, 0.3) is 0 Å². The molecule has 0 N–H and O–H groups in total. The van der Waals surface area contributed by atoms with Crippen LogP contribution in [-0.4, -0.2) is 83.8 Å². The van der Waals surface area contributed by atoms with E-state index in [1.165, 1.54) is 5.01 Å². The second-order valence-corrected chi connectivity index (χ2v) is 7.28. The Morgan fingerprint density at radius 1 is 1.21 bits per heavy atom. The van der Waals surface area contributed by atoms with Gasteiger partial charge in [0.1, 0.15) is 5.71 Å². The van der Waals surface area contributed by atoms with Gasteiger partial charge in [0.15, 0.2) is 0 Å². The van der Waals surface area contributed by atoms with Crippen LogP contribution in [0.4, 0.5) is 0 Å². The predicted octanol–water partition coefficient (Wildman–Crippen LogP) is 0.552. The van der Waals surface area contributed by atoms with E-state index in [1.807, 2.05) is 18.7 Å². The highest BCUT2D eigenvalue weighted by Gasteiger charge is 2.38. The molecule has 7 nitrogen and oxygen atoms in total. The van der Waals surface area contributed by atoms with Crippen LogP contribution < -0.4 is 0 Å². The Morgan fingerprint density at radius 3 is 2.58 bits per heavy atom. The lowest BCUT2D eigenvalue weighted by Crippen LogP contribution is -2.47. The van der Waals surface area contributed by atoms with E-state index < -0.39 is 0 Å². The molecule has 0 aliphatic carbocycles. The number of likely N-dealkylation sites (tertiary alicyclic amines) is 1. The van der Waals surface area contributed by atoms with Gasteiger partial charge in [0.05, 0.1) is 13.2 Å². The van der Waals surface area contributed by atoms with Crippen LogP contribution in [0.15, 0.2) is 5.10 Å². The lowest BCUT2D eigenvalue weighted by molar-refractivity contribution is -0.133. The van der Waals surface area contributed by atoms with E-state index in [4.69, 9.17) is 4.74 Å². The highest BCUT2D eigenvalue weighted by Crippen LogP contribution is 2.24. The van der Waals surface area contributed by atoms with Crippen molar-refractivity contribution in [3.63, 3.8) is 0 Å². The second kappa shape index (κ2) is 7.19. The molecule has 3 aliphatic rings. The number of hydrogen-bond donors (Lipinski definition) is 0. The van der Waals surface area contributed by atoms with Crippen molar-refractivity contribution in [1.82, 2.24) is 14.8 Å². The van der Waals surface area contributed by atoms with Gasteiger partial charge in [-0.2, -0.15) is 5.10 Å². The maximum atomic E-state index is 12.9. The Bertz CT molecular complexity index is 528. The molecule has 2 amide bonds. The van der Waals surface area contributed by atoms with Crippen LogP contribution >= 0.6 is 0 Å². The number of rotatable bonds is 3. The third-order valence-corrected chi connectivity index (χ3v) is 5.17. The summed E-state index contributed by atoms with van der Waals surface area (Å²) in [6.45, 7) is 11.0. The van der Waals surface area contributed by atoms with Crippen molar-refractivity contribution in [1.29, 1.82) is 0 Å². The first-order valence-electron chi connectivity index (χ1n) is 8.98. The summed E-state index contributed by atoms with van der Waals surface area (Å²) in [6, 6.07) is 0.379. The van der Waals surface area contributed by atoms with Crippen LogP contribution in [-0.2, 0) is 14.3 Å². The van der Waals surface area contributed by atoms with Gasteiger partial charge in [0, 0.05) is 51.1 Å². The maximum Gasteiger partial charge on any atom is 0.270 e. The van der Waals surface area contributed by atoms with Gasteiger partial charge in [0.25, 0.3) is 5.91 Å². The quantitative estimate of drug-likeness (QED) is 0.755. The molecule has 2 atom stereocenters. The van der Waals surface area contributed by atoms with Gasteiger partial charge >= 0.3 is 0 Å². The average molecular weight is 336 g/mol. The number of hydrogen-bond acceptors (Lipinski definition) is 5. The summed E-state index contributed by atoms with van der Waals surface area (Å²) in [4.78, 5) is 29.1. The zero-order chi connectivity index (χ0) is 17.3. The molecule has 0 bridgehead atoms. The summed E-state index contributed by atoms with van der Waals surface area (Å²) < 4.78 is 5.43. The lowest BCUT2D eigenvalue weighted by Gasteiger charge is -2.34. The largest absolute Gasteiger partial charge is 0.379 e. The fourth-order valence-electron chi connectivity index (χ4n) is 3.81. The number of carbonyl (C=O) groups is 2. The number of carbonyl (C=O) groups excluding carboxylic acids is 2. The van der Waals surface area contributed by atoms with Crippen LogP contribution in [0.1, 0.15) is 33.6 Å². The Hall–Kier alpha value is -1.47. The molecule has 2 unspecified atom stereocenters. The van der Waals surface area contributed by atoms with Gasteiger partial charge in [-0.3, -0.25) is 14.5 Å². The van der Waals surface area contributed by atoms with E-state index >= 15 is 0 Å². The molecule has 3 heterocycles. The molecular formula is C17H28N4O3. The van der Waals surface area contributed by atoms with Gasteiger partial charge in [0.2, 0.25) is 5.91 Å². The number of amides is 2. The fourth-order valence-corrected chi connectivity index (χ4v) is 3.81. The Labute approximate surface area is 143 Å². The molecule has 0 aromatic heterocycles. The summed E-state index contributed by atoms with van der Waals surface area (Å²) in [7, 11) is 0. The number of nitrogens with zero attached hydrogens (tertiary/aromatic N) is 4. The first kappa shape index (κ1) is 17.4. The highest BCUT2D eigenvalue weighted by molar-refractivity contribution is 6.39. The monoisotopic (exact) mass is 336 g/mol. The first-order valence-corrected chi connectivity index (χ1v) is 8.98. The number of hydrazone groups is 1. The van der Waals surface area contributed by atoms with Gasteiger partial charge in [-0.1, -0.05) is 6.92 Å². The highest BCUT2D eigenvalue weighted by atomic mass is 16.5. The average Bonchev–Trinajstić information content (AvgIpc) is 2.97. The minimum Gasteiger partial charge on any atom is -0.379 e. The van der Waals surface area contributed by atoms with Gasteiger partial charge in [-0.25, -0.2) is 5.01 Å². The molecule has 2 fully saturated rings. The fraction of sp³-hybridized carbons (Fsp3) is 0.824. The van der Waals surface area contributed by atoms with E-state index in [-0.39, 0.29) is 17.9 Å². The van der Waals surface area contributed by atoms with E-state index in [1.54, 1.807) is 0 Å². The van der Waals surface area contributed by atoms with E-state index in [2.05, 4.69) is 16.9 Å². The van der Waals surface area contributed by atoms with Gasteiger partial charge < -0.3 is 9.64 Å². The molecule has 0 saturated carbocycles. The summed E-state index contributed by atoms with van der Waals surface area (Å²) in [5.74, 6) is 0.442. The third-order valence-electron chi connectivity index (χ3n) is 5.17. The summed E-state index contributed by atoms with van der Waals surface area (Å²) in [6.07, 6.45) is 0.826. The Kier molecular flexibility index (Phi) is 5.20. The predicted molar refractivity (Wildman–Crippen MR) is 90.6 cm³/mol. The Balaban J connectivity index is 1.67. The first-order chi connectivity index (χ1) is 11.5.